The predicted molar refractivity (Wildman–Crippen MR) is 105 cm³/mol. The van der Waals surface area contributed by atoms with E-state index in [0.29, 0.717) is 11.3 Å². The van der Waals surface area contributed by atoms with Crippen LogP contribution in [-0.2, 0) is 6.42 Å². The highest BCUT2D eigenvalue weighted by Crippen LogP contribution is 2.18. The second-order valence-electron chi connectivity index (χ2n) is 5.53. The number of amides is 1. The molecule has 1 heterocycles. The second kappa shape index (κ2) is 8.44. The van der Waals surface area contributed by atoms with E-state index < -0.39 is 0 Å². The van der Waals surface area contributed by atoms with Gasteiger partial charge in [0, 0.05) is 11.0 Å². The maximum Gasteiger partial charge on any atom is 0.256 e. The van der Waals surface area contributed by atoms with Crippen LogP contribution in [0.25, 0.3) is 0 Å². The summed E-state index contributed by atoms with van der Waals surface area (Å²) in [5.74, 6) is 0.619. The summed E-state index contributed by atoms with van der Waals surface area (Å²) in [7, 11) is 0. The fourth-order valence-electron chi connectivity index (χ4n) is 2.40. The van der Waals surface area contributed by atoms with E-state index in [1.807, 2.05) is 48.5 Å². The Morgan fingerprint density at radius 3 is 2.44 bits per heavy atom. The lowest BCUT2D eigenvalue weighted by atomic mass is 10.1. The largest absolute Gasteiger partial charge is 0.370 e. The van der Waals surface area contributed by atoms with Crippen molar-refractivity contribution in [3.8, 4) is 0 Å². The maximum absolute atomic E-state index is 12.3. The zero-order valence-corrected chi connectivity index (χ0v) is 15.2. The summed E-state index contributed by atoms with van der Waals surface area (Å²) in [4.78, 5) is 16.6. The third-order valence-electron chi connectivity index (χ3n) is 3.70. The Morgan fingerprint density at radius 1 is 0.960 bits per heavy atom. The molecule has 0 aliphatic heterocycles. The summed E-state index contributed by atoms with van der Waals surface area (Å²) in [6, 6.07) is 21.3. The number of hydrogen-bond donors (Lipinski definition) is 2. The van der Waals surface area contributed by atoms with Crippen LogP contribution < -0.4 is 10.6 Å². The Morgan fingerprint density at radius 2 is 1.72 bits per heavy atom. The molecule has 0 saturated carbocycles. The Hall–Kier alpha value is -2.66. The second-order valence-corrected chi connectivity index (χ2v) is 6.38. The summed E-state index contributed by atoms with van der Waals surface area (Å²) in [5.41, 5.74) is 2.54. The molecule has 0 spiro atoms. The molecule has 0 aliphatic carbocycles. The number of nitrogens with one attached hydrogen (secondary N) is 2. The Balaban J connectivity index is 1.53. The van der Waals surface area contributed by atoms with Gasteiger partial charge in [-0.25, -0.2) is 4.98 Å². The monoisotopic (exact) mass is 395 g/mol. The third-order valence-corrected chi connectivity index (χ3v) is 4.39. The SMILES string of the molecule is O=C(Nc1ccc(NCCc2ccccc2)nc1)c1ccccc1Br. The number of aromatic nitrogens is 1. The van der Waals surface area contributed by atoms with Gasteiger partial charge in [-0.05, 0) is 52.2 Å². The minimum absolute atomic E-state index is 0.168. The normalized spacial score (nSPS) is 10.3. The smallest absolute Gasteiger partial charge is 0.256 e. The first-order valence-corrected chi connectivity index (χ1v) is 8.81. The first-order chi connectivity index (χ1) is 12.2. The van der Waals surface area contributed by atoms with E-state index in [9.17, 15) is 4.79 Å². The molecule has 3 rings (SSSR count). The minimum atomic E-state index is -0.168. The maximum atomic E-state index is 12.3. The predicted octanol–water partition coefficient (Wildman–Crippen LogP) is 4.75. The summed E-state index contributed by atoms with van der Waals surface area (Å²) < 4.78 is 0.764. The van der Waals surface area contributed by atoms with E-state index in [0.717, 1.165) is 23.3 Å². The number of nitrogens with zero attached hydrogens (tertiary/aromatic N) is 1. The number of pyridine rings is 1. The molecule has 1 aromatic heterocycles. The molecule has 3 aromatic rings. The number of carbonyl (C=O) groups excluding carboxylic acids is 1. The van der Waals surface area contributed by atoms with Gasteiger partial charge in [-0.3, -0.25) is 4.79 Å². The van der Waals surface area contributed by atoms with E-state index >= 15 is 0 Å². The first kappa shape index (κ1) is 17.2. The number of carbonyl (C=O) groups is 1. The van der Waals surface area contributed by atoms with Crippen molar-refractivity contribution in [3.63, 3.8) is 0 Å². The summed E-state index contributed by atoms with van der Waals surface area (Å²) in [6.07, 6.45) is 2.59. The molecule has 1 amide bonds. The summed E-state index contributed by atoms with van der Waals surface area (Å²) >= 11 is 3.38. The van der Waals surface area contributed by atoms with E-state index in [4.69, 9.17) is 0 Å². The van der Waals surface area contributed by atoms with Crippen LogP contribution in [-0.4, -0.2) is 17.4 Å². The van der Waals surface area contributed by atoms with Crippen LogP contribution in [0.2, 0.25) is 0 Å². The highest BCUT2D eigenvalue weighted by molar-refractivity contribution is 9.10. The van der Waals surface area contributed by atoms with Gasteiger partial charge in [0.1, 0.15) is 5.82 Å². The Bertz CT molecular complexity index is 835. The number of halogens is 1. The standard InChI is InChI=1S/C20H18BrN3O/c21-18-9-5-4-8-17(18)20(25)24-16-10-11-19(23-14-16)22-13-12-15-6-2-1-3-7-15/h1-11,14H,12-13H2,(H,22,23)(H,24,25). The first-order valence-electron chi connectivity index (χ1n) is 8.02. The molecule has 25 heavy (non-hydrogen) atoms. The highest BCUT2D eigenvalue weighted by atomic mass is 79.9. The number of benzene rings is 2. The van der Waals surface area contributed by atoms with Crippen LogP contribution in [0.5, 0.6) is 0 Å². The van der Waals surface area contributed by atoms with Crippen molar-refractivity contribution in [2.75, 3.05) is 17.2 Å². The van der Waals surface area contributed by atoms with E-state index in [1.54, 1.807) is 12.3 Å². The molecule has 0 unspecified atom stereocenters. The van der Waals surface area contributed by atoms with Crippen molar-refractivity contribution < 1.29 is 4.79 Å². The number of anilines is 2. The lowest BCUT2D eigenvalue weighted by Crippen LogP contribution is -2.13. The van der Waals surface area contributed by atoms with Gasteiger partial charge in [0.15, 0.2) is 0 Å². The molecule has 0 fully saturated rings. The number of hydrogen-bond acceptors (Lipinski definition) is 3. The quantitative estimate of drug-likeness (QED) is 0.632. The van der Waals surface area contributed by atoms with Gasteiger partial charge >= 0.3 is 0 Å². The van der Waals surface area contributed by atoms with Crippen LogP contribution >= 0.6 is 15.9 Å². The average Bonchev–Trinajstić information content (AvgIpc) is 2.64. The van der Waals surface area contributed by atoms with Crippen molar-refractivity contribution >= 4 is 33.3 Å². The molecule has 0 aliphatic rings. The Kier molecular flexibility index (Phi) is 5.80. The van der Waals surface area contributed by atoms with Gasteiger partial charge in [-0.2, -0.15) is 0 Å². The van der Waals surface area contributed by atoms with Gasteiger partial charge in [0.2, 0.25) is 0 Å². The van der Waals surface area contributed by atoms with Crippen molar-refractivity contribution in [2.45, 2.75) is 6.42 Å². The van der Waals surface area contributed by atoms with Gasteiger partial charge < -0.3 is 10.6 Å². The van der Waals surface area contributed by atoms with Crippen LogP contribution in [0.4, 0.5) is 11.5 Å². The molecule has 0 radical (unpaired) electrons. The van der Waals surface area contributed by atoms with Gasteiger partial charge in [-0.15, -0.1) is 0 Å². The van der Waals surface area contributed by atoms with Crippen molar-refractivity contribution in [1.29, 1.82) is 0 Å². The summed E-state index contributed by atoms with van der Waals surface area (Å²) in [5, 5.41) is 6.13. The molecule has 126 valence electrons. The zero-order chi connectivity index (χ0) is 17.5. The van der Waals surface area contributed by atoms with Crippen molar-refractivity contribution in [1.82, 2.24) is 4.98 Å². The molecule has 2 aromatic carbocycles. The molecule has 2 N–H and O–H groups in total. The minimum Gasteiger partial charge on any atom is -0.370 e. The summed E-state index contributed by atoms with van der Waals surface area (Å²) in [6.45, 7) is 0.805. The lowest BCUT2D eigenvalue weighted by Gasteiger charge is -2.09. The fraction of sp³-hybridized carbons (Fsp3) is 0.100. The van der Waals surface area contributed by atoms with Crippen LogP contribution in [0, 0.1) is 0 Å². The van der Waals surface area contributed by atoms with Gasteiger partial charge in [0.25, 0.3) is 5.91 Å². The highest BCUT2D eigenvalue weighted by Gasteiger charge is 2.09. The van der Waals surface area contributed by atoms with Gasteiger partial charge in [0.05, 0.1) is 17.4 Å². The van der Waals surface area contributed by atoms with Gasteiger partial charge in [-0.1, -0.05) is 42.5 Å². The van der Waals surface area contributed by atoms with Crippen molar-refractivity contribution in [2.24, 2.45) is 0 Å². The van der Waals surface area contributed by atoms with E-state index in [1.165, 1.54) is 5.56 Å². The molecule has 4 nitrogen and oxygen atoms in total. The van der Waals surface area contributed by atoms with Crippen LogP contribution in [0.3, 0.4) is 0 Å². The van der Waals surface area contributed by atoms with Crippen LogP contribution in [0.1, 0.15) is 15.9 Å². The third kappa shape index (κ3) is 4.90. The molecule has 5 heteroatoms. The van der Waals surface area contributed by atoms with Crippen molar-refractivity contribution in [3.05, 3.63) is 88.5 Å². The molecule has 0 saturated heterocycles. The fourth-order valence-corrected chi connectivity index (χ4v) is 2.86. The van der Waals surface area contributed by atoms with E-state index in [2.05, 4.69) is 43.7 Å². The molecule has 0 bridgehead atoms. The molecular weight excluding hydrogens is 378 g/mol. The van der Waals surface area contributed by atoms with Crippen LogP contribution in [0.15, 0.2) is 77.4 Å². The van der Waals surface area contributed by atoms with E-state index in [-0.39, 0.29) is 5.91 Å². The Labute approximate surface area is 155 Å². The molecule has 0 atom stereocenters. The topological polar surface area (TPSA) is 54.0 Å². The average molecular weight is 396 g/mol. The zero-order valence-electron chi connectivity index (χ0n) is 13.6. The lowest BCUT2D eigenvalue weighted by molar-refractivity contribution is 0.102. The molecular formula is C20H18BrN3O. The number of rotatable bonds is 6.